The summed E-state index contributed by atoms with van der Waals surface area (Å²) in [7, 11) is 0. The van der Waals surface area contributed by atoms with E-state index in [1.165, 1.54) is 12.8 Å². The van der Waals surface area contributed by atoms with Crippen molar-refractivity contribution in [1.82, 2.24) is 10.2 Å². The molecule has 0 spiro atoms. The molecule has 0 aromatic carbocycles. The highest BCUT2D eigenvalue weighted by Crippen LogP contribution is 2.22. The lowest BCUT2D eigenvalue weighted by Crippen LogP contribution is -2.66. The number of amides is 2. The van der Waals surface area contributed by atoms with E-state index in [-0.39, 0.29) is 29.8 Å². The van der Waals surface area contributed by atoms with E-state index < -0.39 is 6.04 Å². The molecule has 0 saturated carbocycles. The number of rotatable bonds is 6. The van der Waals surface area contributed by atoms with E-state index in [0.29, 0.717) is 0 Å². The molecule has 1 saturated heterocycles. The number of carbonyl (C=O) groups is 2. The smallest absolute Gasteiger partial charge is 0.245 e. The van der Waals surface area contributed by atoms with E-state index in [9.17, 15) is 9.59 Å². The van der Waals surface area contributed by atoms with Gasteiger partial charge in [0.2, 0.25) is 11.8 Å². The predicted octanol–water partition coefficient (Wildman–Crippen LogP) is 2.33. The van der Waals surface area contributed by atoms with Gasteiger partial charge >= 0.3 is 0 Å². The number of carbonyl (C=O) groups excluding carboxylic acids is 2. The molecule has 0 aromatic rings. The molecule has 0 aliphatic carbocycles. The number of unbranched alkanes of at least 4 members (excludes halogenated alkanes) is 2. The van der Waals surface area contributed by atoms with Gasteiger partial charge < -0.3 is 10.2 Å². The van der Waals surface area contributed by atoms with Gasteiger partial charge in [-0.15, -0.1) is 0 Å². The summed E-state index contributed by atoms with van der Waals surface area (Å²) in [4.78, 5) is 26.3. The van der Waals surface area contributed by atoms with Crippen LogP contribution < -0.4 is 5.32 Å². The predicted molar refractivity (Wildman–Crippen MR) is 76.7 cm³/mol. The van der Waals surface area contributed by atoms with Crippen LogP contribution in [0.5, 0.6) is 0 Å². The molecule has 1 N–H and O–H groups in total. The van der Waals surface area contributed by atoms with Crippen LogP contribution >= 0.6 is 0 Å². The number of nitrogens with one attached hydrogen (secondary N) is 1. The minimum atomic E-state index is -0.392. The van der Waals surface area contributed by atoms with Crippen molar-refractivity contribution in [3.8, 4) is 0 Å². The van der Waals surface area contributed by atoms with Gasteiger partial charge in [0.1, 0.15) is 12.1 Å². The second-order valence-corrected chi connectivity index (χ2v) is 6.01. The number of piperazine rings is 1. The third-order valence-corrected chi connectivity index (χ3v) is 3.88. The molecule has 0 bridgehead atoms. The van der Waals surface area contributed by atoms with Crippen LogP contribution in [0.1, 0.15) is 60.3 Å². The van der Waals surface area contributed by atoms with Gasteiger partial charge in [-0.25, -0.2) is 0 Å². The number of hydrogen-bond acceptors (Lipinski definition) is 2. The Hall–Kier alpha value is -1.06. The molecule has 4 heteroatoms. The lowest BCUT2D eigenvalue weighted by Gasteiger charge is -2.43. The highest BCUT2D eigenvalue weighted by atomic mass is 16.2. The minimum Gasteiger partial charge on any atom is -0.343 e. The van der Waals surface area contributed by atoms with Crippen molar-refractivity contribution in [3.05, 3.63) is 0 Å². The Morgan fingerprint density at radius 3 is 2.37 bits per heavy atom. The van der Waals surface area contributed by atoms with Crippen LogP contribution in [-0.2, 0) is 9.59 Å². The van der Waals surface area contributed by atoms with Gasteiger partial charge in [-0.2, -0.15) is 0 Å². The molecule has 1 aliphatic rings. The Morgan fingerprint density at radius 1 is 1.21 bits per heavy atom. The lowest BCUT2D eigenvalue weighted by molar-refractivity contribution is -0.153. The van der Waals surface area contributed by atoms with E-state index >= 15 is 0 Å². The Morgan fingerprint density at radius 2 is 1.84 bits per heavy atom. The average Bonchev–Trinajstić information content (AvgIpc) is 2.32. The van der Waals surface area contributed by atoms with Crippen LogP contribution in [-0.4, -0.2) is 34.8 Å². The van der Waals surface area contributed by atoms with Crippen LogP contribution in [0.25, 0.3) is 0 Å². The van der Waals surface area contributed by atoms with Crippen molar-refractivity contribution in [1.29, 1.82) is 0 Å². The van der Waals surface area contributed by atoms with Gasteiger partial charge in [-0.05, 0) is 26.2 Å². The number of nitrogens with zero attached hydrogens (tertiary/aromatic N) is 1. The second-order valence-electron chi connectivity index (χ2n) is 6.01. The lowest BCUT2D eigenvalue weighted by atomic mass is 9.94. The first-order chi connectivity index (χ1) is 8.90. The molecule has 3 unspecified atom stereocenters. The quantitative estimate of drug-likeness (QED) is 0.752. The molecule has 1 rings (SSSR count). The number of hydrogen-bond donors (Lipinski definition) is 1. The van der Waals surface area contributed by atoms with Crippen LogP contribution in [0.4, 0.5) is 0 Å². The fourth-order valence-corrected chi connectivity index (χ4v) is 2.79. The van der Waals surface area contributed by atoms with E-state index in [0.717, 1.165) is 12.8 Å². The zero-order chi connectivity index (χ0) is 14.6. The van der Waals surface area contributed by atoms with Gasteiger partial charge in [0, 0.05) is 6.04 Å². The first-order valence-electron chi connectivity index (χ1n) is 7.52. The Kier molecular flexibility index (Phi) is 5.83. The molecular formula is C15H28N2O2. The zero-order valence-electron chi connectivity index (χ0n) is 12.9. The molecular weight excluding hydrogens is 240 g/mol. The van der Waals surface area contributed by atoms with E-state index in [4.69, 9.17) is 0 Å². The highest BCUT2D eigenvalue weighted by molar-refractivity contribution is 5.97. The van der Waals surface area contributed by atoms with Crippen molar-refractivity contribution >= 4 is 11.8 Å². The summed E-state index contributed by atoms with van der Waals surface area (Å²) in [6, 6.07) is -0.573. The topological polar surface area (TPSA) is 49.4 Å². The maximum Gasteiger partial charge on any atom is 0.245 e. The fraction of sp³-hybridized carbons (Fsp3) is 0.867. The van der Waals surface area contributed by atoms with Crippen LogP contribution in [0.2, 0.25) is 0 Å². The SMILES string of the molecule is CCCCCC(C)N1C(=O)C(C)NC(=O)C1C(C)C. The normalized spacial score (nSPS) is 25.7. The van der Waals surface area contributed by atoms with Crippen LogP contribution in [0.15, 0.2) is 0 Å². The van der Waals surface area contributed by atoms with E-state index in [1.54, 1.807) is 6.92 Å². The molecule has 4 nitrogen and oxygen atoms in total. The van der Waals surface area contributed by atoms with E-state index in [2.05, 4.69) is 19.2 Å². The largest absolute Gasteiger partial charge is 0.343 e. The molecule has 1 heterocycles. The Labute approximate surface area is 116 Å². The molecule has 3 atom stereocenters. The summed E-state index contributed by atoms with van der Waals surface area (Å²) in [5, 5.41) is 2.78. The van der Waals surface area contributed by atoms with Crippen molar-refractivity contribution in [2.45, 2.75) is 78.4 Å². The molecule has 19 heavy (non-hydrogen) atoms. The first kappa shape index (κ1) is 16.0. The third kappa shape index (κ3) is 3.71. The van der Waals surface area contributed by atoms with Crippen LogP contribution in [0, 0.1) is 5.92 Å². The van der Waals surface area contributed by atoms with Crippen LogP contribution in [0.3, 0.4) is 0 Å². The Balaban J connectivity index is 2.82. The first-order valence-corrected chi connectivity index (χ1v) is 7.52. The van der Waals surface area contributed by atoms with Crippen molar-refractivity contribution < 1.29 is 9.59 Å². The second kappa shape index (κ2) is 6.92. The summed E-state index contributed by atoms with van der Waals surface area (Å²) < 4.78 is 0. The summed E-state index contributed by atoms with van der Waals surface area (Å²) in [6.07, 6.45) is 4.44. The minimum absolute atomic E-state index is 0.00978. The van der Waals surface area contributed by atoms with Crippen molar-refractivity contribution in [3.63, 3.8) is 0 Å². The monoisotopic (exact) mass is 268 g/mol. The van der Waals surface area contributed by atoms with Gasteiger partial charge in [0.15, 0.2) is 0 Å². The fourth-order valence-electron chi connectivity index (χ4n) is 2.79. The van der Waals surface area contributed by atoms with E-state index in [1.807, 2.05) is 18.7 Å². The van der Waals surface area contributed by atoms with Gasteiger partial charge in [-0.1, -0.05) is 40.0 Å². The van der Waals surface area contributed by atoms with Crippen molar-refractivity contribution in [2.24, 2.45) is 5.92 Å². The highest BCUT2D eigenvalue weighted by Gasteiger charge is 2.42. The average molecular weight is 268 g/mol. The molecule has 1 fully saturated rings. The molecule has 0 aromatic heterocycles. The standard InChI is InChI=1S/C15H28N2O2/c1-6-7-8-9-11(4)17-13(10(2)3)14(18)16-12(5)15(17)19/h10-13H,6-9H2,1-5H3,(H,16,18). The molecule has 110 valence electrons. The summed E-state index contributed by atoms with van der Waals surface area (Å²) in [6.45, 7) is 10.00. The maximum absolute atomic E-state index is 12.4. The molecule has 1 aliphatic heterocycles. The van der Waals surface area contributed by atoms with Gasteiger partial charge in [0.05, 0.1) is 0 Å². The van der Waals surface area contributed by atoms with Crippen molar-refractivity contribution in [2.75, 3.05) is 0 Å². The van der Waals surface area contributed by atoms with Gasteiger partial charge in [-0.3, -0.25) is 9.59 Å². The Bertz CT molecular complexity index is 328. The summed E-state index contributed by atoms with van der Waals surface area (Å²) in [5.41, 5.74) is 0. The van der Waals surface area contributed by atoms with Gasteiger partial charge in [0.25, 0.3) is 0 Å². The summed E-state index contributed by atoms with van der Waals surface area (Å²) in [5.74, 6) is 0.191. The zero-order valence-corrected chi connectivity index (χ0v) is 12.9. The molecule has 0 radical (unpaired) electrons. The molecule has 2 amide bonds. The summed E-state index contributed by atoms with van der Waals surface area (Å²) >= 11 is 0. The third-order valence-electron chi connectivity index (χ3n) is 3.88. The maximum atomic E-state index is 12.4.